The van der Waals surface area contributed by atoms with Gasteiger partial charge >= 0.3 is 0 Å². The summed E-state index contributed by atoms with van der Waals surface area (Å²) in [6, 6.07) is 6.48. The predicted molar refractivity (Wildman–Crippen MR) is 71.0 cm³/mol. The Kier molecular flexibility index (Phi) is 2.60. The van der Waals surface area contributed by atoms with Gasteiger partial charge in [-0.2, -0.15) is 0 Å². The molecular weight excluding hydrogens is 208 g/mol. The molecule has 3 rings (SSSR count). The van der Waals surface area contributed by atoms with Crippen molar-refractivity contribution in [3.8, 4) is 0 Å². The summed E-state index contributed by atoms with van der Waals surface area (Å²) in [6.07, 6.45) is 4.81. The Balaban J connectivity index is 2.35. The first kappa shape index (κ1) is 10.7. The van der Waals surface area contributed by atoms with Gasteiger partial charge in [-0.1, -0.05) is 11.6 Å². The van der Waals surface area contributed by atoms with Crippen molar-refractivity contribution in [2.75, 3.05) is 0 Å². The number of hydrogen-bond donors (Lipinski definition) is 1. The second-order valence-corrected chi connectivity index (χ2v) is 4.95. The monoisotopic (exact) mass is 226 g/mol. The van der Waals surface area contributed by atoms with Gasteiger partial charge in [-0.15, -0.1) is 0 Å². The van der Waals surface area contributed by atoms with Crippen LogP contribution in [0.3, 0.4) is 0 Å². The summed E-state index contributed by atoms with van der Waals surface area (Å²) >= 11 is 0. The molecule has 0 atom stereocenters. The molecule has 2 nitrogen and oxygen atoms in total. The number of pyridine rings is 1. The number of benzene rings is 1. The van der Waals surface area contributed by atoms with E-state index in [1.165, 1.54) is 40.6 Å². The average Bonchev–Trinajstić information content (AvgIpc) is 2.36. The highest BCUT2D eigenvalue weighted by Crippen LogP contribution is 2.29. The molecule has 17 heavy (non-hydrogen) atoms. The van der Waals surface area contributed by atoms with Gasteiger partial charge in [-0.05, 0) is 55.9 Å². The number of fused-ring (bicyclic) bond motifs is 2. The van der Waals surface area contributed by atoms with Gasteiger partial charge in [0.15, 0.2) is 0 Å². The van der Waals surface area contributed by atoms with Crippen LogP contribution in [0.1, 0.15) is 35.2 Å². The molecular formula is C15H18N2. The van der Waals surface area contributed by atoms with Crippen LogP contribution in [-0.2, 0) is 19.4 Å². The minimum Gasteiger partial charge on any atom is -0.326 e. The van der Waals surface area contributed by atoms with Crippen molar-refractivity contribution in [1.29, 1.82) is 0 Å². The molecule has 0 aliphatic heterocycles. The predicted octanol–water partition coefficient (Wildman–Crippen LogP) is 2.88. The molecule has 0 unspecified atom stereocenters. The number of aryl methyl sites for hydroxylation is 2. The molecule has 1 aliphatic carbocycles. The first-order valence-electron chi connectivity index (χ1n) is 6.40. The van der Waals surface area contributed by atoms with Crippen molar-refractivity contribution in [2.24, 2.45) is 5.73 Å². The second-order valence-electron chi connectivity index (χ2n) is 4.95. The van der Waals surface area contributed by atoms with Crippen molar-refractivity contribution in [1.82, 2.24) is 4.98 Å². The van der Waals surface area contributed by atoms with Gasteiger partial charge < -0.3 is 5.73 Å². The van der Waals surface area contributed by atoms with Crippen molar-refractivity contribution < 1.29 is 0 Å². The fourth-order valence-electron chi connectivity index (χ4n) is 2.87. The third-order valence-corrected chi connectivity index (χ3v) is 3.74. The lowest BCUT2D eigenvalue weighted by molar-refractivity contribution is 0.664. The van der Waals surface area contributed by atoms with Crippen molar-refractivity contribution in [2.45, 2.75) is 39.2 Å². The fraction of sp³-hybridized carbons (Fsp3) is 0.400. The highest BCUT2D eigenvalue weighted by molar-refractivity contribution is 5.84. The fourth-order valence-corrected chi connectivity index (χ4v) is 2.87. The van der Waals surface area contributed by atoms with Crippen molar-refractivity contribution >= 4 is 10.9 Å². The number of hydrogen-bond acceptors (Lipinski definition) is 2. The molecule has 0 bridgehead atoms. The first-order valence-corrected chi connectivity index (χ1v) is 6.40. The van der Waals surface area contributed by atoms with E-state index in [1.54, 1.807) is 0 Å². The molecule has 0 fully saturated rings. The summed E-state index contributed by atoms with van der Waals surface area (Å²) in [4.78, 5) is 4.81. The zero-order valence-electron chi connectivity index (χ0n) is 10.3. The van der Waals surface area contributed by atoms with E-state index in [0.717, 1.165) is 18.4 Å². The quantitative estimate of drug-likeness (QED) is 0.812. The third kappa shape index (κ3) is 1.73. The van der Waals surface area contributed by atoms with E-state index in [0.29, 0.717) is 6.54 Å². The molecule has 1 aromatic carbocycles. The number of rotatable bonds is 1. The zero-order valence-corrected chi connectivity index (χ0v) is 10.3. The van der Waals surface area contributed by atoms with Crippen LogP contribution in [0.25, 0.3) is 10.9 Å². The lowest BCUT2D eigenvalue weighted by Crippen LogP contribution is -2.12. The van der Waals surface area contributed by atoms with Gasteiger partial charge in [0.25, 0.3) is 0 Å². The maximum absolute atomic E-state index is 5.96. The second kappa shape index (κ2) is 4.11. The van der Waals surface area contributed by atoms with Gasteiger partial charge in [0, 0.05) is 17.6 Å². The Labute approximate surface area is 102 Å². The lowest BCUT2D eigenvalue weighted by Gasteiger charge is -2.20. The van der Waals surface area contributed by atoms with Crippen LogP contribution < -0.4 is 5.73 Å². The van der Waals surface area contributed by atoms with Crippen molar-refractivity contribution in [3.63, 3.8) is 0 Å². The highest BCUT2D eigenvalue weighted by Gasteiger charge is 2.16. The lowest BCUT2D eigenvalue weighted by atomic mass is 9.89. The van der Waals surface area contributed by atoms with E-state index in [9.17, 15) is 0 Å². The molecule has 2 heteroatoms. The van der Waals surface area contributed by atoms with Gasteiger partial charge in [0.1, 0.15) is 0 Å². The summed E-state index contributed by atoms with van der Waals surface area (Å²) in [5.74, 6) is 0. The minimum absolute atomic E-state index is 0.630. The van der Waals surface area contributed by atoms with E-state index in [2.05, 4.69) is 25.1 Å². The minimum atomic E-state index is 0.630. The summed E-state index contributed by atoms with van der Waals surface area (Å²) in [5.41, 5.74) is 12.4. The Bertz CT molecular complexity index is 573. The standard InChI is InChI=1S/C15H18N2/c1-10-6-7-15-12(8-10)13(9-16)11-4-2-3-5-14(11)17-15/h6-8H,2-5,9,16H2,1H3. The maximum atomic E-state index is 5.96. The van der Waals surface area contributed by atoms with Crippen LogP contribution in [0.15, 0.2) is 18.2 Å². The van der Waals surface area contributed by atoms with Crippen LogP contribution in [0.4, 0.5) is 0 Å². The first-order chi connectivity index (χ1) is 8.29. The molecule has 0 saturated heterocycles. The summed E-state index contributed by atoms with van der Waals surface area (Å²) in [5, 5.41) is 1.26. The Morgan fingerprint density at radius 2 is 2.06 bits per heavy atom. The molecule has 1 aliphatic rings. The molecule has 2 aromatic rings. The van der Waals surface area contributed by atoms with Gasteiger partial charge in [-0.3, -0.25) is 4.98 Å². The normalized spacial score (nSPS) is 14.9. The third-order valence-electron chi connectivity index (χ3n) is 3.74. The van der Waals surface area contributed by atoms with Crippen molar-refractivity contribution in [3.05, 3.63) is 40.6 Å². The molecule has 1 heterocycles. The van der Waals surface area contributed by atoms with Crippen LogP contribution >= 0.6 is 0 Å². The van der Waals surface area contributed by atoms with E-state index < -0.39 is 0 Å². The van der Waals surface area contributed by atoms with E-state index in [-0.39, 0.29) is 0 Å². The smallest absolute Gasteiger partial charge is 0.0708 e. The summed E-state index contributed by atoms with van der Waals surface area (Å²) < 4.78 is 0. The SMILES string of the molecule is Cc1ccc2nc3c(c(CN)c2c1)CCCC3. The zero-order chi connectivity index (χ0) is 11.8. The Hall–Kier alpha value is -1.41. The summed E-state index contributed by atoms with van der Waals surface area (Å²) in [6.45, 7) is 2.75. The van der Waals surface area contributed by atoms with Gasteiger partial charge in [-0.25, -0.2) is 0 Å². The highest BCUT2D eigenvalue weighted by atomic mass is 14.7. The van der Waals surface area contributed by atoms with Gasteiger partial charge in [0.2, 0.25) is 0 Å². The van der Waals surface area contributed by atoms with Crippen LogP contribution in [0.5, 0.6) is 0 Å². The molecule has 1 aromatic heterocycles. The maximum Gasteiger partial charge on any atom is 0.0708 e. The van der Waals surface area contributed by atoms with E-state index >= 15 is 0 Å². The largest absolute Gasteiger partial charge is 0.326 e. The number of aromatic nitrogens is 1. The molecule has 0 spiro atoms. The number of nitrogens with zero attached hydrogens (tertiary/aromatic N) is 1. The Morgan fingerprint density at radius 1 is 1.24 bits per heavy atom. The van der Waals surface area contributed by atoms with E-state index in [1.807, 2.05) is 0 Å². The molecule has 2 N–H and O–H groups in total. The van der Waals surface area contributed by atoms with Crippen LogP contribution in [0, 0.1) is 6.92 Å². The Morgan fingerprint density at radius 3 is 2.88 bits per heavy atom. The van der Waals surface area contributed by atoms with Gasteiger partial charge in [0.05, 0.1) is 5.52 Å². The molecule has 0 amide bonds. The molecule has 0 radical (unpaired) electrons. The average molecular weight is 226 g/mol. The molecule has 88 valence electrons. The van der Waals surface area contributed by atoms with Crippen LogP contribution in [-0.4, -0.2) is 4.98 Å². The molecule has 0 saturated carbocycles. The van der Waals surface area contributed by atoms with Crippen LogP contribution in [0.2, 0.25) is 0 Å². The summed E-state index contributed by atoms with van der Waals surface area (Å²) in [7, 11) is 0. The number of nitrogens with two attached hydrogens (primary N) is 1. The topological polar surface area (TPSA) is 38.9 Å². The van der Waals surface area contributed by atoms with E-state index in [4.69, 9.17) is 10.7 Å².